The molecular formula is C34H38N6O6. The molecule has 46 heavy (non-hydrogen) atoms. The molecule has 0 spiro atoms. The number of likely N-dealkylation sites (tertiary alicyclic amines) is 1. The summed E-state index contributed by atoms with van der Waals surface area (Å²) in [6, 6.07) is 8.45. The number of nitrogens with one attached hydrogen (secondary N) is 3. The maximum atomic E-state index is 13.6. The molecule has 4 aromatic rings. The van der Waals surface area contributed by atoms with Gasteiger partial charge in [-0.3, -0.25) is 9.69 Å². The zero-order chi connectivity index (χ0) is 31.5. The Morgan fingerprint density at radius 3 is 2.52 bits per heavy atom. The number of H-pyrrole nitrogens is 1. The van der Waals surface area contributed by atoms with E-state index >= 15 is 0 Å². The Morgan fingerprint density at radius 2 is 1.83 bits per heavy atom. The first-order chi connectivity index (χ1) is 22.4. The molecule has 4 aliphatic heterocycles. The molecule has 1 unspecified atom stereocenters. The fourth-order valence-corrected chi connectivity index (χ4v) is 7.14. The molecule has 4 aliphatic rings. The number of amides is 1. The highest BCUT2D eigenvalue weighted by molar-refractivity contribution is 6.14. The Bertz CT molecular complexity index is 1890. The monoisotopic (exact) mass is 626 g/mol. The predicted octanol–water partition coefficient (Wildman–Crippen LogP) is 4.11. The molecule has 0 bridgehead atoms. The number of fused-ring (bicyclic) bond motifs is 4. The summed E-state index contributed by atoms with van der Waals surface area (Å²) in [4.78, 5) is 34.9. The van der Waals surface area contributed by atoms with Crippen LogP contribution in [0.3, 0.4) is 0 Å². The summed E-state index contributed by atoms with van der Waals surface area (Å²) in [7, 11) is 1.67. The van der Waals surface area contributed by atoms with E-state index in [0.29, 0.717) is 59.2 Å². The van der Waals surface area contributed by atoms with Crippen LogP contribution in [0, 0.1) is 6.92 Å². The molecule has 2 saturated heterocycles. The van der Waals surface area contributed by atoms with E-state index in [2.05, 4.69) is 33.7 Å². The van der Waals surface area contributed by atoms with Crippen molar-refractivity contribution in [3.8, 4) is 28.5 Å². The standard InChI is InChI=1S/C34H38N6O6/c1-17-28(18(2)46-39-17)25-13-26-24(14-27(25)42-4)29-30(35-19(3)36-33(29)38-26)22-5-6-23(32-31(22)44-11-12-45-32)34(41)37-20-7-9-40(10-8-20)21-15-43-16-21/h5-6,13-14,17,20-21,39H,7-12,15-16H2,1-4H3,(H,37,41)(H,35,36,38). The van der Waals surface area contributed by atoms with Gasteiger partial charge in [0.15, 0.2) is 11.5 Å². The Labute approximate surface area is 266 Å². The zero-order valence-electron chi connectivity index (χ0n) is 26.5. The molecule has 240 valence electrons. The maximum Gasteiger partial charge on any atom is 0.255 e. The summed E-state index contributed by atoms with van der Waals surface area (Å²) in [5, 5.41) is 5.00. The smallest absolute Gasteiger partial charge is 0.255 e. The van der Waals surface area contributed by atoms with E-state index < -0.39 is 0 Å². The fourth-order valence-electron chi connectivity index (χ4n) is 7.14. The first-order valence-corrected chi connectivity index (χ1v) is 16.0. The van der Waals surface area contributed by atoms with Crippen LogP contribution >= 0.6 is 0 Å². The van der Waals surface area contributed by atoms with E-state index in [1.807, 2.05) is 32.0 Å². The molecule has 12 heteroatoms. The van der Waals surface area contributed by atoms with Gasteiger partial charge in [0.2, 0.25) is 0 Å². The van der Waals surface area contributed by atoms with Crippen LogP contribution in [0.2, 0.25) is 0 Å². The van der Waals surface area contributed by atoms with Crippen molar-refractivity contribution in [1.82, 2.24) is 30.6 Å². The molecule has 2 aromatic heterocycles. The Hall–Kier alpha value is -4.39. The number of carbonyl (C=O) groups excluding carboxylic acids is 1. The lowest BCUT2D eigenvalue weighted by Crippen LogP contribution is -2.54. The van der Waals surface area contributed by atoms with Gasteiger partial charge in [0.05, 0.1) is 49.1 Å². The van der Waals surface area contributed by atoms with Crippen LogP contribution < -0.4 is 25.0 Å². The summed E-state index contributed by atoms with van der Waals surface area (Å²) in [5.74, 6) is 2.93. The number of ether oxygens (including phenoxy) is 4. The van der Waals surface area contributed by atoms with Crippen molar-refractivity contribution >= 4 is 33.4 Å². The summed E-state index contributed by atoms with van der Waals surface area (Å²) in [6.45, 7) is 10.1. The highest BCUT2D eigenvalue weighted by atomic mass is 16.7. The van der Waals surface area contributed by atoms with Crippen LogP contribution in [0.1, 0.15) is 48.4 Å². The first kappa shape index (κ1) is 29.0. The minimum Gasteiger partial charge on any atom is -0.496 e. The van der Waals surface area contributed by atoms with Crippen molar-refractivity contribution in [3.05, 3.63) is 47.0 Å². The molecule has 3 N–H and O–H groups in total. The second kappa shape index (κ2) is 11.4. The quantitative estimate of drug-likeness (QED) is 0.287. The van der Waals surface area contributed by atoms with Gasteiger partial charge in [-0.05, 0) is 57.9 Å². The summed E-state index contributed by atoms with van der Waals surface area (Å²) in [6.07, 6.45) is 1.81. The highest BCUT2D eigenvalue weighted by Crippen LogP contribution is 2.46. The minimum absolute atomic E-state index is 0.00273. The SMILES string of the molecule is COc1cc2c(cc1C1=C(C)ONC1C)[nH]c1nc(C)nc(-c3ccc(C(=O)NC4CCN(C5COC5)CC4)c4c3OCCO4)c12. The topological polar surface area (TPSA) is 132 Å². The van der Waals surface area contributed by atoms with Gasteiger partial charge in [-0.1, -0.05) is 0 Å². The molecule has 0 radical (unpaired) electrons. The van der Waals surface area contributed by atoms with Gasteiger partial charge in [0, 0.05) is 46.7 Å². The lowest BCUT2D eigenvalue weighted by atomic mass is 9.96. The normalized spacial score (nSPS) is 20.7. The largest absolute Gasteiger partial charge is 0.496 e. The van der Waals surface area contributed by atoms with Crippen molar-refractivity contribution in [3.63, 3.8) is 0 Å². The van der Waals surface area contributed by atoms with E-state index in [-0.39, 0.29) is 18.0 Å². The number of carbonyl (C=O) groups is 1. The highest BCUT2D eigenvalue weighted by Gasteiger charge is 2.32. The first-order valence-electron chi connectivity index (χ1n) is 16.0. The number of benzene rings is 2. The number of methoxy groups -OCH3 is 1. The van der Waals surface area contributed by atoms with Crippen LogP contribution in [0.4, 0.5) is 0 Å². The fraction of sp³-hybridized carbons (Fsp3) is 0.441. The number of aryl methyl sites for hydroxylation is 1. The van der Waals surface area contributed by atoms with Gasteiger partial charge < -0.3 is 34.1 Å². The molecule has 2 fully saturated rings. The van der Waals surface area contributed by atoms with E-state index in [1.54, 1.807) is 7.11 Å². The molecule has 1 atom stereocenters. The molecule has 2 aromatic carbocycles. The number of rotatable bonds is 6. The Balaban J connectivity index is 1.18. The number of allylic oxidation sites excluding steroid dienone is 1. The van der Waals surface area contributed by atoms with Crippen LogP contribution in [-0.4, -0.2) is 90.5 Å². The van der Waals surface area contributed by atoms with Crippen LogP contribution in [0.25, 0.3) is 38.8 Å². The Kier molecular flexibility index (Phi) is 7.23. The second-order valence-electron chi connectivity index (χ2n) is 12.5. The van der Waals surface area contributed by atoms with E-state index in [1.165, 1.54) is 0 Å². The predicted molar refractivity (Wildman–Crippen MR) is 172 cm³/mol. The molecule has 8 rings (SSSR count). The number of aromatic amines is 1. The third-order valence-corrected chi connectivity index (χ3v) is 9.56. The van der Waals surface area contributed by atoms with Crippen molar-refractivity contribution < 1.29 is 28.6 Å². The molecular weight excluding hydrogens is 588 g/mol. The van der Waals surface area contributed by atoms with Gasteiger partial charge in [0.1, 0.15) is 36.2 Å². The van der Waals surface area contributed by atoms with Crippen LogP contribution in [0.15, 0.2) is 30.0 Å². The van der Waals surface area contributed by atoms with Gasteiger partial charge in [-0.25, -0.2) is 9.97 Å². The Morgan fingerprint density at radius 1 is 1.04 bits per heavy atom. The summed E-state index contributed by atoms with van der Waals surface area (Å²) in [5.41, 5.74) is 8.49. The van der Waals surface area contributed by atoms with E-state index in [9.17, 15) is 4.79 Å². The number of nitrogens with zero attached hydrogens (tertiary/aromatic N) is 3. The lowest BCUT2D eigenvalue weighted by Gasteiger charge is -2.41. The third kappa shape index (κ3) is 4.83. The number of piperidine rings is 1. The maximum absolute atomic E-state index is 13.6. The van der Waals surface area contributed by atoms with Crippen LogP contribution in [-0.2, 0) is 9.57 Å². The summed E-state index contributed by atoms with van der Waals surface area (Å²) >= 11 is 0. The number of hydrogen-bond donors (Lipinski definition) is 3. The van der Waals surface area contributed by atoms with Gasteiger partial charge in [0.25, 0.3) is 5.91 Å². The minimum atomic E-state index is -0.156. The van der Waals surface area contributed by atoms with Crippen molar-refractivity contribution in [2.75, 3.05) is 46.6 Å². The third-order valence-electron chi connectivity index (χ3n) is 9.56. The van der Waals surface area contributed by atoms with Crippen molar-refractivity contribution in [2.24, 2.45) is 0 Å². The second-order valence-corrected chi connectivity index (χ2v) is 12.5. The number of hydrogen-bond acceptors (Lipinski definition) is 10. The average molecular weight is 627 g/mol. The average Bonchev–Trinajstić information content (AvgIpc) is 3.56. The van der Waals surface area contributed by atoms with Crippen LogP contribution in [0.5, 0.6) is 17.2 Å². The van der Waals surface area contributed by atoms with Gasteiger partial charge in [-0.2, -0.15) is 0 Å². The van der Waals surface area contributed by atoms with Gasteiger partial charge in [-0.15, -0.1) is 5.48 Å². The number of hydroxylamine groups is 1. The van der Waals surface area contributed by atoms with Crippen molar-refractivity contribution in [1.29, 1.82) is 0 Å². The lowest BCUT2D eigenvalue weighted by molar-refractivity contribution is -0.0716. The number of aromatic nitrogens is 3. The molecule has 12 nitrogen and oxygen atoms in total. The molecule has 1 amide bonds. The zero-order valence-corrected chi connectivity index (χ0v) is 26.5. The van der Waals surface area contributed by atoms with E-state index in [0.717, 1.165) is 77.9 Å². The molecule has 0 aliphatic carbocycles. The van der Waals surface area contributed by atoms with Crippen molar-refractivity contribution in [2.45, 2.75) is 51.7 Å². The van der Waals surface area contributed by atoms with E-state index in [4.69, 9.17) is 33.8 Å². The van der Waals surface area contributed by atoms with Gasteiger partial charge >= 0.3 is 0 Å². The molecule has 0 saturated carbocycles. The summed E-state index contributed by atoms with van der Waals surface area (Å²) < 4.78 is 23.6. The molecule has 6 heterocycles.